The number of esters is 1. The Morgan fingerprint density at radius 3 is 2.76 bits per heavy atom. The average molecular weight is 233 g/mol. The molecule has 1 aromatic rings. The summed E-state index contributed by atoms with van der Waals surface area (Å²) in [6, 6.07) is 7.80. The Balaban J connectivity index is 1.97. The van der Waals surface area contributed by atoms with Gasteiger partial charge in [0.05, 0.1) is 0 Å². The van der Waals surface area contributed by atoms with E-state index in [1.807, 2.05) is 18.2 Å². The lowest BCUT2D eigenvalue weighted by Crippen LogP contribution is -2.29. The van der Waals surface area contributed by atoms with Crippen molar-refractivity contribution in [2.24, 2.45) is 0 Å². The summed E-state index contributed by atoms with van der Waals surface area (Å²) < 4.78 is 5.09. The van der Waals surface area contributed by atoms with Crippen molar-refractivity contribution in [3.8, 4) is 5.75 Å². The molecule has 3 heteroatoms. The summed E-state index contributed by atoms with van der Waals surface area (Å²) >= 11 is 0. The fourth-order valence-electron chi connectivity index (χ4n) is 2.25. The minimum Gasteiger partial charge on any atom is -0.427 e. The highest BCUT2D eigenvalue weighted by atomic mass is 16.5. The number of nitrogens with zero attached hydrogens (tertiary/aromatic N) is 1. The molecule has 1 fully saturated rings. The van der Waals surface area contributed by atoms with Crippen LogP contribution in [0.2, 0.25) is 0 Å². The SMILES string of the molecule is CC(=O)Oc1cccc(CN2CCCCC2)c1. The summed E-state index contributed by atoms with van der Waals surface area (Å²) in [5, 5.41) is 0. The van der Waals surface area contributed by atoms with E-state index in [1.165, 1.54) is 44.8 Å². The first kappa shape index (κ1) is 12.1. The highest BCUT2D eigenvalue weighted by molar-refractivity contribution is 5.69. The molecular formula is C14H19NO2. The van der Waals surface area contributed by atoms with Gasteiger partial charge < -0.3 is 4.74 Å². The Morgan fingerprint density at radius 1 is 1.29 bits per heavy atom. The first-order valence-corrected chi connectivity index (χ1v) is 6.24. The van der Waals surface area contributed by atoms with Crippen molar-refractivity contribution in [2.75, 3.05) is 13.1 Å². The van der Waals surface area contributed by atoms with Crippen LogP contribution in [0.1, 0.15) is 31.7 Å². The second-order valence-electron chi connectivity index (χ2n) is 4.58. The van der Waals surface area contributed by atoms with Crippen LogP contribution in [0.5, 0.6) is 5.75 Å². The molecule has 0 atom stereocenters. The molecule has 1 aliphatic rings. The van der Waals surface area contributed by atoms with Crippen LogP contribution in [-0.4, -0.2) is 24.0 Å². The molecule has 92 valence electrons. The van der Waals surface area contributed by atoms with Crippen LogP contribution in [0.25, 0.3) is 0 Å². The van der Waals surface area contributed by atoms with Gasteiger partial charge in [0.25, 0.3) is 0 Å². The van der Waals surface area contributed by atoms with Crippen molar-refractivity contribution in [1.29, 1.82) is 0 Å². The minimum atomic E-state index is -0.264. The molecule has 1 aliphatic heterocycles. The molecule has 0 bridgehead atoms. The maximum atomic E-state index is 10.9. The van der Waals surface area contributed by atoms with Crippen LogP contribution in [0.4, 0.5) is 0 Å². The van der Waals surface area contributed by atoms with Gasteiger partial charge in [-0.2, -0.15) is 0 Å². The molecule has 0 aliphatic carbocycles. The summed E-state index contributed by atoms with van der Waals surface area (Å²) in [6.45, 7) is 4.74. The van der Waals surface area contributed by atoms with Gasteiger partial charge in [-0.1, -0.05) is 18.6 Å². The number of hydrogen-bond donors (Lipinski definition) is 0. The molecule has 1 heterocycles. The van der Waals surface area contributed by atoms with Crippen molar-refractivity contribution in [2.45, 2.75) is 32.7 Å². The van der Waals surface area contributed by atoms with Gasteiger partial charge in [-0.05, 0) is 43.6 Å². The minimum absolute atomic E-state index is 0.264. The average Bonchev–Trinajstić information content (AvgIpc) is 2.30. The fourth-order valence-corrected chi connectivity index (χ4v) is 2.25. The van der Waals surface area contributed by atoms with Crippen molar-refractivity contribution in [1.82, 2.24) is 4.90 Å². The van der Waals surface area contributed by atoms with E-state index in [0.717, 1.165) is 6.54 Å². The maximum absolute atomic E-state index is 10.9. The molecule has 0 radical (unpaired) electrons. The van der Waals surface area contributed by atoms with Crippen molar-refractivity contribution in [3.63, 3.8) is 0 Å². The van der Waals surface area contributed by atoms with Crippen LogP contribution in [-0.2, 0) is 11.3 Å². The number of hydrogen-bond acceptors (Lipinski definition) is 3. The molecule has 0 unspecified atom stereocenters. The molecule has 1 aromatic carbocycles. The first-order valence-electron chi connectivity index (χ1n) is 6.24. The number of likely N-dealkylation sites (tertiary alicyclic amines) is 1. The van der Waals surface area contributed by atoms with Gasteiger partial charge >= 0.3 is 5.97 Å². The quantitative estimate of drug-likeness (QED) is 0.593. The first-order chi connectivity index (χ1) is 8.24. The Bertz CT molecular complexity index is 384. The van der Waals surface area contributed by atoms with E-state index < -0.39 is 0 Å². The Hall–Kier alpha value is -1.35. The van der Waals surface area contributed by atoms with Crippen LogP contribution >= 0.6 is 0 Å². The van der Waals surface area contributed by atoms with Gasteiger partial charge in [0.2, 0.25) is 0 Å². The maximum Gasteiger partial charge on any atom is 0.308 e. The number of carbonyl (C=O) groups excluding carboxylic acids is 1. The highest BCUT2D eigenvalue weighted by Gasteiger charge is 2.10. The van der Waals surface area contributed by atoms with Gasteiger partial charge in [0.1, 0.15) is 5.75 Å². The van der Waals surface area contributed by atoms with Crippen molar-refractivity contribution < 1.29 is 9.53 Å². The number of benzene rings is 1. The fraction of sp³-hybridized carbons (Fsp3) is 0.500. The van der Waals surface area contributed by atoms with Gasteiger partial charge in [-0.15, -0.1) is 0 Å². The van der Waals surface area contributed by atoms with Crippen molar-refractivity contribution in [3.05, 3.63) is 29.8 Å². The second-order valence-corrected chi connectivity index (χ2v) is 4.58. The molecule has 0 saturated carbocycles. The van der Waals surface area contributed by atoms with E-state index in [4.69, 9.17) is 4.74 Å². The van der Waals surface area contributed by atoms with Crippen LogP contribution in [0, 0.1) is 0 Å². The summed E-state index contributed by atoms with van der Waals surface area (Å²) in [5.74, 6) is 0.382. The summed E-state index contributed by atoms with van der Waals surface area (Å²) in [5.41, 5.74) is 1.21. The van der Waals surface area contributed by atoms with E-state index in [1.54, 1.807) is 0 Å². The molecule has 0 amide bonds. The Labute approximate surface area is 102 Å². The number of piperidine rings is 1. The zero-order valence-corrected chi connectivity index (χ0v) is 10.3. The molecule has 0 aromatic heterocycles. The second kappa shape index (κ2) is 5.82. The molecule has 0 spiro atoms. The van der Waals surface area contributed by atoms with E-state index in [9.17, 15) is 4.79 Å². The summed E-state index contributed by atoms with van der Waals surface area (Å²) in [4.78, 5) is 13.3. The third-order valence-corrected chi connectivity index (χ3v) is 3.01. The van der Waals surface area contributed by atoms with Crippen molar-refractivity contribution >= 4 is 5.97 Å². The van der Waals surface area contributed by atoms with E-state index in [2.05, 4.69) is 11.0 Å². The third-order valence-electron chi connectivity index (χ3n) is 3.01. The molecular weight excluding hydrogens is 214 g/mol. The summed E-state index contributed by atoms with van der Waals surface area (Å²) in [6.07, 6.45) is 3.94. The van der Waals surface area contributed by atoms with E-state index >= 15 is 0 Å². The lowest BCUT2D eigenvalue weighted by Gasteiger charge is -2.26. The van der Waals surface area contributed by atoms with Crippen LogP contribution in [0.3, 0.4) is 0 Å². The number of carbonyl (C=O) groups is 1. The van der Waals surface area contributed by atoms with Gasteiger partial charge in [0, 0.05) is 13.5 Å². The van der Waals surface area contributed by atoms with E-state index in [-0.39, 0.29) is 5.97 Å². The van der Waals surface area contributed by atoms with Crippen LogP contribution in [0.15, 0.2) is 24.3 Å². The zero-order valence-electron chi connectivity index (χ0n) is 10.3. The van der Waals surface area contributed by atoms with Gasteiger partial charge in [-0.3, -0.25) is 9.69 Å². The lowest BCUT2D eigenvalue weighted by molar-refractivity contribution is -0.131. The molecule has 1 saturated heterocycles. The monoisotopic (exact) mass is 233 g/mol. The molecule has 17 heavy (non-hydrogen) atoms. The van der Waals surface area contributed by atoms with E-state index in [0.29, 0.717) is 5.75 Å². The smallest absolute Gasteiger partial charge is 0.308 e. The Morgan fingerprint density at radius 2 is 2.06 bits per heavy atom. The van der Waals surface area contributed by atoms with Crippen LogP contribution < -0.4 is 4.74 Å². The molecule has 3 nitrogen and oxygen atoms in total. The standard InChI is InChI=1S/C14H19NO2/c1-12(16)17-14-7-5-6-13(10-14)11-15-8-3-2-4-9-15/h5-7,10H,2-4,8-9,11H2,1H3. The molecule has 0 N–H and O–H groups in total. The third kappa shape index (κ3) is 3.86. The normalized spacial score (nSPS) is 16.8. The Kier molecular flexibility index (Phi) is 4.15. The molecule has 2 rings (SSSR count). The largest absolute Gasteiger partial charge is 0.427 e. The van der Waals surface area contributed by atoms with Gasteiger partial charge in [-0.25, -0.2) is 0 Å². The summed E-state index contributed by atoms with van der Waals surface area (Å²) in [7, 11) is 0. The highest BCUT2D eigenvalue weighted by Crippen LogP contribution is 2.17. The number of rotatable bonds is 3. The zero-order chi connectivity index (χ0) is 12.1. The predicted molar refractivity (Wildman–Crippen MR) is 66.9 cm³/mol. The topological polar surface area (TPSA) is 29.5 Å². The number of ether oxygens (including phenoxy) is 1. The predicted octanol–water partition coefficient (Wildman–Crippen LogP) is 2.60. The lowest BCUT2D eigenvalue weighted by atomic mass is 10.1. The van der Waals surface area contributed by atoms with Gasteiger partial charge in [0.15, 0.2) is 0 Å².